The third kappa shape index (κ3) is 2.14. The van der Waals surface area contributed by atoms with Crippen LogP contribution in [0.2, 0.25) is 0 Å². The molecule has 21 heavy (non-hydrogen) atoms. The number of aryl methyl sites for hydroxylation is 1. The average molecular weight is 306 g/mol. The number of piperidine rings is 1. The first-order valence-electron chi connectivity index (χ1n) is 7.83. The summed E-state index contributed by atoms with van der Waals surface area (Å²) >= 11 is 0. The number of hydrogen-bond acceptors (Lipinski definition) is 4. The molecule has 3 aliphatic heterocycles. The molecule has 0 radical (unpaired) electrons. The van der Waals surface area contributed by atoms with E-state index in [1.165, 1.54) is 0 Å². The molecule has 1 aromatic rings. The molecule has 3 saturated heterocycles. The van der Waals surface area contributed by atoms with Crippen LogP contribution in [0.4, 0.5) is 0 Å². The van der Waals surface area contributed by atoms with Gasteiger partial charge in [-0.15, -0.1) is 0 Å². The zero-order valence-corrected chi connectivity index (χ0v) is 13.1. The van der Waals surface area contributed by atoms with E-state index in [2.05, 4.69) is 10.6 Å². The van der Waals surface area contributed by atoms with Crippen LogP contribution in [0.25, 0.3) is 0 Å². The minimum Gasteiger partial charge on any atom is -0.316 e. The molecule has 2 bridgehead atoms. The third-order valence-electron chi connectivity index (χ3n) is 5.56. The average Bonchev–Trinajstić information content (AvgIpc) is 3.03. The van der Waals surface area contributed by atoms with Gasteiger partial charge in [-0.05, 0) is 62.4 Å². The number of sulfone groups is 1. The first-order valence-corrected chi connectivity index (χ1v) is 9.37. The molecule has 3 fully saturated rings. The molecule has 4 rings (SSSR count). The van der Waals surface area contributed by atoms with Crippen LogP contribution in [-0.2, 0) is 9.84 Å². The van der Waals surface area contributed by atoms with Crippen molar-refractivity contribution in [1.82, 2.24) is 10.6 Å². The Hall–Kier alpha value is -0.910. The maximum absolute atomic E-state index is 12.9. The standard InChI is InChI=1S/C16H22N2O2S/c1-10-3-2-4-11(5-10)21(19,20)12-6-15-13-8-17-9-14(13)16(7-12)18-15/h2-5,12-18H,6-9H2,1H3/t12?,13-,14+,15-,16+. The van der Waals surface area contributed by atoms with Crippen molar-refractivity contribution < 1.29 is 8.42 Å². The Kier molecular flexibility index (Phi) is 3.14. The molecule has 0 saturated carbocycles. The van der Waals surface area contributed by atoms with Crippen molar-refractivity contribution in [2.24, 2.45) is 11.8 Å². The molecule has 0 aliphatic carbocycles. The number of benzene rings is 1. The summed E-state index contributed by atoms with van der Waals surface area (Å²) in [4.78, 5) is 0.497. The topological polar surface area (TPSA) is 58.2 Å². The van der Waals surface area contributed by atoms with Gasteiger partial charge < -0.3 is 10.6 Å². The minimum atomic E-state index is -3.20. The Bertz CT molecular complexity index is 640. The third-order valence-corrected chi connectivity index (χ3v) is 7.74. The van der Waals surface area contributed by atoms with Crippen LogP contribution in [-0.4, -0.2) is 38.8 Å². The van der Waals surface area contributed by atoms with Crippen LogP contribution in [0.5, 0.6) is 0 Å². The summed E-state index contributed by atoms with van der Waals surface area (Å²) in [6, 6.07) is 8.08. The Morgan fingerprint density at radius 2 is 1.76 bits per heavy atom. The van der Waals surface area contributed by atoms with Crippen LogP contribution >= 0.6 is 0 Å². The lowest BCUT2D eigenvalue weighted by Crippen LogP contribution is -2.47. The van der Waals surface area contributed by atoms with Gasteiger partial charge in [0.1, 0.15) is 0 Å². The summed E-state index contributed by atoms with van der Waals surface area (Å²) in [7, 11) is -3.20. The molecule has 2 N–H and O–H groups in total. The molecule has 0 spiro atoms. The molecule has 1 aromatic carbocycles. The number of fused-ring (bicyclic) bond motifs is 5. The molecule has 0 aromatic heterocycles. The van der Waals surface area contributed by atoms with Gasteiger partial charge in [0.25, 0.3) is 0 Å². The van der Waals surface area contributed by atoms with E-state index in [0.29, 0.717) is 28.8 Å². The first-order chi connectivity index (χ1) is 10.1. The van der Waals surface area contributed by atoms with E-state index in [1.807, 2.05) is 25.1 Å². The van der Waals surface area contributed by atoms with Crippen LogP contribution in [0.3, 0.4) is 0 Å². The summed E-state index contributed by atoms with van der Waals surface area (Å²) in [5.74, 6) is 1.24. The van der Waals surface area contributed by atoms with Gasteiger partial charge >= 0.3 is 0 Å². The molecule has 3 heterocycles. The van der Waals surface area contributed by atoms with Crippen LogP contribution in [0.15, 0.2) is 29.2 Å². The highest BCUT2D eigenvalue weighted by Gasteiger charge is 2.51. The maximum Gasteiger partial charge on any atom is 0.181 e. The highest BCUT2D eigenvalue weighted by Crippen LogP contribution is 2.41. The second kappa shape index (κ2) is 4.80. The molecule has 5 heteroatoms. The second-order valence-corrected chi connectivity index (χ2v) is 9.05. The highest BCUT2D eigenvalue weighted by molar-refractivity contribution is 7.92. The Balaban J connectivity index is 1.63. The van der Waals surface area contributed by atoms with E-state index in [0.717, 1.165) is 31.5 Å². The predicted octanol–water partition coefficient (Wildman–Crippen LogP) is 1.11. The zero-order chi connectivity index (χ0) is 14.6. The van der Waals surface area contributed by atoms with E-state index in [4.69, 9.17) is 0 Å². The fraction of sp³-hybridized carbons (Fsp3) is 0.625. The van der Waals surface area contributed by atoms with Crippen LogP contribution in [0.1, 0.15) is 18.4 Å². The summed E-state index contributed by atoms with van der Waals surface area (Å²) < 4.78 is 25.9. The smallest absolute Gasteiger partial charge is 0.181 e. The van der Waals surface area contributed by atoms with Gasteiger partial charge in [-0.1, -0.05) is 12.1 Å². The minimum absolute atomic E-state index is 0.221. The van der Waals surface area contributed by atoms with Crippen molar-refractivity contribution in [2.75, 3.05) is 13.1 Å². The zero-order valence-electron chi connectivity index (χ0n) is 12.2. The molecular formula is C16H22N2O2S. The molecule has 0 amide bonds. The van der Waals surface area contributed by atoms with E-state index >= 15 is 0 Å². The number of hydrogen-bond donors (Lipinski definition) is 2. The van der Waals surface area contributed by atoms with E-state index in [9.17, 15) is 8.42 Å². The van der Waals surface area contributed by atoms with Crippen molar-refractivity contribution in [3.8, 4) is 0 Å². The quantitative estimate of drug-likeness (QED) is 0.859. The fourth-order valence-corrected chi connectivity index (χ4v) is 6.43. The molecule has 1 unspecified atom stereocenters. The van der Waals surface area contributed by atoms with Crippen molar-refractivity contribution in [3.63, 3.8) is 0 Å². The number of rotatable bonds is 2. The Morgan fingerprint density at radius 3 is 2.38 bits per heavy atom. The second-order valence-electron chi connectivity index (χ2n) is 6.82. The van der Waals surface area contributed by atoms with Crippen LogP contribution in [0, 0.1) is 18.8 Å². The first kappa shape index (κ1) is 13.7. The Morgan fingerprint density at radius 1 is 1.10 bits per heavy atom. The molecule has 5 atom stereocenters. The van der Waals surface area contributed by atoms with E-state index in [-0.39, 0.29) is 5.25 Å². The molecular weight excluding hydrogens is 284 g/mol. The summed E-state index contributed by atoms with van der Waals surface area (Å²) in [6.45, 7) is 4.02. The lowest BCUT2D eigenvalue weighted by molar-refractivity contribution is 0.361. The number of nitrogens with one attached hydrogen (secondary N) is 2. The van der Waals surface area contributed by atoms with Gasteiger partial charge in [-0.3, -0.25) is 0 Å². The summed E-state index contributed by atoms with van der Waals surface area (Å²) in [6.07, 6.45) is 1.52. The van der Waals surface area contributed by atoms with Gasteiger partial charge in [0.15, 0.2) is 9.84 Å². The fourth-order valence-electron chi connectivity index (χ4n) is 4.51. The van der Waals surface area contributed by atoms with Gasteiger partial charge in [0, 0.05) is 12.1 Å². The van der Waals surface area contributed by atoms with Gasteiger partial charge in [0.05, 0.1) is 10.1 Å². The molecule has 4 nitrogen and oxygen atoms in total. The van der Waals surface area contributed by atoms with Crippen LogP contribution < -0.4 is 10.6 Å². The van der Waals surface area contributed by atoms with Gasteiger partial charge in [0.2, 0.25) is 0 Å². The lowest BCUT2D eigenvalue weighted by Gasteiger charge is -2.31. The van der Waals surface area contributed by atoms with Crippen molar-refractivity contribution in [3.05, 3.63) is 29.8 Å². The molecule has 114 valence electrons. The monoisotopic (exact) mass is 306 g/mol. The SMILES string of the molecule is Cc1cccc(S(=O)(=O)C2C[C@@H]3N[C@H](C2)[C@@H]2CNC[C@@H]23)c1. The summed E-state index contributed by atoms with van der Waals surface area (Å²) in [5, 5.41) is 6.89. The van der Waals surface area contributed by atoms with Gasteiger partial charge in [-0.2, -0.15) is 0 Å². The lowest BCUT2D eigenvalue weighted by atomic mass is 9.92. The highest BCUT2D eigenvalue weighted by atomic mass is 32.2. The largest absolute Gasteiger partial charge is 0.316 e. The molecule has 3 aliphatic rings. The normalized spacial score (nSPS) is 38.4. The van der Waals surface area contributed by atoms with E-state index < -0.39 is 9.84 Å². The van der Waals surface area contributed by atoms with E-state index in [1.54, 1.807) is 6.07 Å². The van der Waals surface area contributed by atoms with Crippen molar-refractivity contribution in [2.45, 2.75) is 42.0 Å². The van der Waals surface area contributed by atoms with Crippen molar-refractivity contribution in [1.29, 1.82) is 0 Å². The predicted molar refractivity (Wildman–Crippen MR) is 81.9 cm³/mol. The van der Waals surface area contributed by atoms with Gasteiger partial charge in [-0.25, -0.2) is 8.42 Å². The summed E-state index contributed by atoms with van der Waals surface area (Å²) in [5.41, 5.74) is 1.01. The maximum atomic E-state index is 12.9. The Labute approximate surface area is 126 Å². The van der Waals surface area contributed by atoms with Crippen molar-refractivity contribution >= 4 is 9.84 Å².